The molecule has 6 heteroatoms. The van der Waals surface area contributed by atoms with Crippen molar-refractivity contribution in [1.29, 1.82) is 0 Å². The maximum absolute atomic E-state index is 13.0. The molecule has 126 valence electrons. The van der Waals surface area contributed by atoms with Gasteiger partial charge in [-0.25, -0.2) is 4.79 Å². The van der Waals surface area contributed by atoms with E-state index in [1.165, 1.54) is 7.11 Å². The molecule has 2 aromatic rings. The quantitative estimate of drug-likeness (QED) is 0.857. The van der Waals surface area contributed by atoms with Crippen molar-refractivity contribution in [2.75, 3.05) is 7.11 Å². The van der Waals surface area contributed by atoms with E-state index in [1.54, 1.807) is 20.0 Å². The van der Waals surface area contributed by atoms with Crippen LogP contribution in [0.5, 0.6) is 0 Å². The Bertz CT molecular complexity index is 763. The molecule has 2 aromatic heterocycles. The van der Waals surface area contributed by atoms with Gasteiger partial charge in [-0.1, -0.05) is 6.07 Å². The lowest BCUT2D eigenvalue weighted by atomic mass is 10.1. The molecule has 0 aromatic carbocycles. The smallest absolute Gasteiger partial charge is 0.339 e. The number of aromatic amines is 1. The number of carbonyl (C=O) groups excluding carboxylic acids is 2. The number of carbonyl (C=O) groups is 2. The van der Waals surface area contributed by atoms with Gasteiger partial charge in [0.1, 0.15) is 5.69 Å². The zero-order valence-corrected chi connectivity index (χ0v) is 14.1. The van der Waals surface area contributed by atoms with Crippen molar-refractivity contribution in [1.82, 2.24) is 14.9 Å². The van der Waals surface area contributed by atoms with E-state index in [0.29, 0.717) is 29.1 Å². The van der Waals surface area contributed by atoms with Crippen LogP contribution in [0, 0.1) is 13.8 Å². The molecule has 0 spiro atoms. The van der Waals surface area contributed by atoms with Gasteiger partial charge in [0.05, 0.1) is 24.9 Å². The van der Waals surface area contributed by atoms with Gasteiger partial charge in [-0.15, -0.1) is 0 Å². The highest BCUT2D eigenvalue weighted by molar-refractivity contribution is 6.00. The molecule has 0 bridgehead atoms. The van der Waals surface area contributed by atoms with Crippen molar-refractivity contribution in [3.8, 4) is 0 Å². The number of rotatable bonds is 5. The van der Waals surface area contributed by atoms with Crippen LogP contribution < -0.4 is 0 Å². The number of aromatic nitrogens is 2. The van der Waals surface area contributed by atoms with Crippen molar-refractivity contribution in [2.45, 2.75) is 39.3 Å². The van der Waals surface area contributed by atoms with Crippen molar-refractivity contribution < 1.29 is 14.3 Å². The molecule has 1 amide bonds. The first-order valence-electron chi connectivity index (χ1n) is 8.01. The SMILES string of the molecule is COC(=O)c1c(C)[nH]c(C(=O)N(Cc2ccccn2)C2CC2)c1C. The third-order valence-corrected chi connectivity index (χ3v) is 4.35. The van der Waals surface area contributed by atoms with Gasteiger partial charge in [0.25, 0.3) is 5.91 Å². The van der Waals surface area contributed by atoms with Crippen LogP contribution in [0.15, 0.2) is 24.4 Å². The molecule has 1 aliphatic rings. The molecular weight excluding hydrogens is 306 g/mol. The standard InChI is InChI=1S/C18H21N3O3/c1-11-15(18(23)24-3)12(2)20-16(11)17(22)21(14-7-8-14)10-13-6-4-5-9-19-13/h4-6,9,14,20H,7-8,10H2,1-3H3. The largest absolute Gasteiger partial charge is 0.465 e. The number of pyridine rings is 1. The minimum Gasteiger partial charge on any atom is -0.465 e. The Labute approximate surface area is 140 Å². The summed E-state index contributed by atoms with van der Waals surface area (Å²) in [5.74, 6) is -0.526. The van der Waals surface area contributed by atoms with Crippen LogP contribution in [-0.4, -0.2) is 39.9 Å². The van der Waals surface area contributed by atoms with Crippen molar-refractivity contribution in [3.63, 3.8) is 0 Å². The predicted molar refractivity (Wildman–Crippen MR) is 88.7 cm³/mol. The van der Waals surface area contributed by atoms with E-state index in [2.05, 4.69) is 9.97 Å². The number of hydrogen-bond donors (Lipinski definition) is 1. The lowest BCUT2D eigenvalue weighted by molar-refractivity contribution is 0.0599. The summed E-state index contributed by atoms with van der Waals surface area (Å²) in [6.07, 6.45) is 3.73. The first-order valence-corrected chi connectivity index (χ1v) is 8.01. The summed E-state index contributed by atoms with van der Waals surface area (Å²) in [5, 5.41) is 0. The number of nitrogens with zero attached hydrogens (tertiary/aromatic N) is 2. The molecule has 0 aliphatic heterocycles. The molecule has 1 aliphatic carbocycles. The average molecular weight is 327 g/mol. The minimum absolute atomic E-state index is 0.0982. The fraction of sp³-hybridized carbons (Fsp3) is 0.389. The number of amides is 1. The van der Waals surface area contributed by atoms with Gasteiger partial charge in [0.2, 0.25) is 0 Å². The maximum atomic E-state index is 13.0. The number of esters is 1. The molecule has 1 saturated carbocycles. The van der Waals surface area contributed by atoms with Gasteiger partial charge in [-0.2, -0.15) is 0 Å². The Balaban J connectivity index is 1.90. The van der Waals surface area contributed by atoms with Crippen LogP contribution in [0.1, 0.15) is 50.6 Å². The van der Waals surface area contributed by atoms with Crippen molar-refractivity contribution in [3.05, 3.63) is 52.6 Å². The summed E-state index contributed by atoms with van der Waals surface area (Å²) in [4.78, 5) is 34.2. The zero-order chi connectivity index (χ0) is 17.3. The second kappa shape index (κ2) is 6.47. The molecule has 1 fully saturated rings. The topological polar surface area (TPSA) is 75.3 Å². The van der Waals surface area contributed by atoms with Gasteiger partial charge < -0.3 is 14.6 Å². The molecule has 24 heavy (non-hydrogen) atoms. The molecular formula is C18H21N3O3. The third-order valence-electron chi connectivity index (χ3n) is 4.35. The van der Waals surface area contributed by atoms with Gasteiger partial charge in [0.15, 0.2) is 0 Å². The molecule has 0 unspecified atom stereocenters. The second-order valence-corrected chi connectivity index (χ2v) is 6.10. The van der Waals surface area contributed by atoms with Gasteiger partial charge in [0, 0.05) is 17.9 Å². The second-order valence-electron chi connectivity index (χ2n) is 6.10. The summed E-state index contributed by atoms with van der Waals surface area (Å²) in [7, 11) is 1.34. The van der Waals surface area contributed by atoms with Gasteiger partial charge in [-0.05, 0) is 44.4 Å². The highest BCUT2D eigenvalue weighted by atomic mass is 16.5. The van der Waals surface area contributed by atoms with Crippen molar-refractivity contribution >= 4 is 11.9 Å². The third kappa shape index (κ3) is 3.04. The zero-order valence-electron chi connectivity index (χ0n) is 14.1. The number of hydrogen-bond acceptors (Lipinski definition) is 4. The van der Waals surface area contributed by atoms with E-state index >= 15 is 0 Å². The van der Waals surface area contributed by atoms with Crippen LogP contribution in [0.2, 0.25) is 0 Å². The van der Waals surface area contributed by atoms with Crippen LogP contribution in [-0.2, 0) is 11.3 Å². The van der Waals surface area contributed by atoms with E-state index in [-0.39, 0.29) is 11.9 Å². The molecule has 2 heterocycles. The summed E-state index contributed by atoms with van der Waals surface area (Å²) >= 11 is 0. The van der Waals surface area contributed by atoms with E-state index in [4.69, 9.17) is 4.74 Å². The molecule has 0 radical (unpaired) electrons. The average Bonchev–Trinajstić information content (AvgIpc) is 3.38. The Morgan fingerprint density at radius 2 is 2.08 bits per heavy atom. The lowest BCUT2D eigenvalue weighted by Crippen LogP contribution is -2.33. The van der Waals surface area contributed by atoms with Crippen LogP contribution in [0.4, 0.5) is 0 Å². The fourth-order valence-electron chi connectivity index (χ4n) is 2.93. The molecule has 0 saturated heterocycles. The number of nitrogens with one attached hydrogen (secondary N) is 1. The normalized spacial score (nSPS) is 13.6. The summed E-state index contributed by atoms with van der Waals surface area (Å²) in [5.41, 5.74) is 3.03. The highest BCUT2D eigenvalue weighted by Gasteiger charge is 2.35. The minimum atomic E-state index is -0.428. The number of aryl methyl sites for hydroxylation is 1. The predicted octanol–water partition coefficient (Wildman–Crippen LogP) is 2.62. The Morgan fingerprint density at radius 1 is 1.33 bits per heavy atom. The number of methoxy groups -OCH3 is 1. The Morgan fingerprint density at radius 3 is 2.67 bits per heavy atom. The fourth-order valence-corrected chi connectivity index (χ4v) is 2.93. The highest BCUT2D eigenvalue weighted by Crippen LogP contribution is 2.31. The van der Waals surface area contributed by atoms with E-state index < -0.39 is 5.97 Å². The Kier molecular flexibility index (Phi) is 4.38. The van der Waals surface area contributed by atoms with Crippen LogP contribution in [0.25, 0.3) is 0 Å². The van der Waals surface area contributed by atoms with E-state index in [1.807, 2.05) is 23.1 Å². The first-order chi connectivity index (χ1) is 11.5. The number of ether oxygens (including phenoxy) is 1. The van der Waals surface area contributed by atoms with Crippen LogP contribution >= 0.6 is 0 Å². The Hall–Kier alpha value is -2.63. The number of H-pyrrole nitrogens is 1. The summed E-state index contributed by atoms with van der Waals surface area (Å²) in [6.45, 7) is 4.01. The monoisotopic (exact) mass is 327 g/mol. The molecule has 3 rings (SSSR count). The van der Waals surface area contributed by atoms with Crippen LogP contribution in [0.3, 0.4) is 0 Å². The van der Waals surface area contributed by atoms with E-state index in [0.717, 1.165) is 18.5 Å². The molecule has 0 atom stereocenters. The summed E-state index contributed by atoms with van der Waals surface area (Å²) in [6, 6.07) is 5.92. The van der Waals surface area contributed by atoms with Crippen molar-refractivity contribution in [2.24, 2.45) is 0 Å². The van der Waals surface area contributed by atoms with Gasteiger partial charge in [-0.3, -0.25) is 9.78 Å². The molecule has 6 nitrogen and oxygen atoms in total. The maximum Gasteiger partial charge on any atom is 0.339 e. The first kappa shape index (κ1) is 16.2. The molecule has 1 N–H and O–H groups in total. The summed E-state index contributed by atoms with van der Waals surface area (Å²) < 4.78 is 4.81. The lowest BCUT2D eigenvalue weighted by Gasteiger charge is -2.22. The van der Waals surface area contributed by atoms with Gasteiger partial charge >= 0.3 is 5.97 Å². The van der Waals surface area contributed by atoms with E-state index in [9.17, 15) is 9.59 Å².